The normalized spacial score (nSPS) is 18.0. The lowest BCUT2D eigenvalue weighted by Gasteiger charge is -2.27. The Morgan fingerprint density at radius 1 is 1.23 bits per heavy atom. The number of rotatable bonds is 9. The van der Waals surface area contributed by atoms with E-state index in [2.05, 4.69) is 10.6 Å². The van der Waals surface area contributed by atoms with Gasteiger partial charge in [-0.1, -0.05) is 6.07 Å². The second kappa shape index (κ2) is 11.0. The third-order valence-electron chi connectivity index (χ3n) is 5.20. The summed E-state index contributed by atoms with van der Waals surface area (Å²) in [5.74, 6) is -1.98. The van der Waals surface area contributed by atoms with Gasteiger partial charge in [0.15, 0.2) is 11.5 Å². The number of benzene rings is 1. The predicted molar refractivity (Wildman–Crippen MR) is 113 cm³/mol. The van der Waals surface area contributed by atoms with Gasteiger partial charge in [0.1, 0.15) is 18.2 Å². The lowest BCUT2D eigenvalue weighted by atomic mass is 10.1. The number of phenolic OH excluding ortho intramolecular Hbond substituents is 2. The number of carbonyl (C=O) groups excluding carboxylic acids is 3. The zero-order valence-corrected chi connectivity index (χ0v) is 18.2. The van der Waals surface area contributed by atoms with Crippen LogP contribution < -0.4 is 10.6 Å². The summed E-state index contributed by atoms with van der Waals surface area (Å²) in [6.45, 7) is 3.12. The van der Waals surface area contributed by atoms with Gasteiger partial charge in [0.25, 0.3) is 0 Å². The number of likely N-dealkylation sites (tertiary alicyclic amines) is 1. The maximum Gasteiger partial charge on any atom is 0.249 e. The van der Waals surface area contributed by atoms with E-state index in [0.29, 0.717) is 38.0 Å². The van der Waals surface area contributed by atoms with Crippen LogP contribution in [-0.4, -0.2) is 94.8 Å². The molecular formula is C21H32N4O6. The standard InChI is InChI=1S/C21H32N4O6/c1-13(23-20(30)18(28)12-14-6-7-16(26)17(27)11-14)21(31)25-9-4-5-15(25)19(29)22-8-10-24(2)3/h6-7,11,13,15,18,26-28H,4-5,8-10,12H2,1-3H3,(H,22,29)(H,23,30). The van der Waals surface area contributed by atoms with Gasteiger partial charge >= 0.3 is 0 Å². The molecule has 0 aliphatic carbocycles. The van der Waals surface area contributed by atoms with Crippen molar-refractivity contribution < 1.29 is 29.7 Å². The first-order chi connectivity index (χ1) is 14.6. The van der Waals surface area contributed by atoms with Crippen molar-refractivity contribution in [2.24, 2.45) is 0 Å². The monoisotopic (exact) mass is 436 g/mol. The molecule has 5 N–H and O–H groups in total. The molecule has 10 heteroatoms. The smallest absolute Gasteiger partial charge is 0.249 e. The predicted octanol–water partition coefficient (Wildman–Crippen LogP) is -0.825. The molecule has 1 heterocycles. The molecule has 1 aliphatic heterocycles. The van der Waals surface area contributed by atoms with E-state index >= 15 is 0 Å². The van der Waals surface area contributed by atoms with Gasteiger partial charge in [-0.15, -0.1) is 0 Å². The maximum atomic E-state index is 12.8. The van der Waals surface area contributed by atoms with Gasteiger partial charge in [0.2, 0.25) is 17.7 Å². The van der Waals surface area contributed by atoms with Gasteiger partial charge in [-0.3, -0.25) is 14.4 Å². The van der Waals surface area contributed by atoms with E-state index < -0.39 is 24.1 Å². The summed E-state index contributed by atoms with van der Waals surface area (Å²) in [6.07, 6.45) is -0.276. The Hall–Kier alpha value is -2.85. The lowest BCUT2D eigenvalue weighted by molar-refractivity contribution is -0.142. The number of likely N-dealkylation sites (N-methyl/N-ethyl adjacent to an activating group) is 1. The summed E-state index contributed by atoms with van der Waals surface area (Å²) in [6, 6.07) is 2.51. The Labute approximate surface area is 181 Å². The number of aliphatic hydroxyl groups is 1. The van der Waals surface area contributed by atoms with Crippen LogP contribution in [0.2, 0.25) is 0 Å². The molecule has 1 aromatic carbocycles. The third kappa shape index (κ3) is 6.83. The summed E-state index contributed by atoms with van der Waals surface area (Å²) in [5, 5.41) is 34.3. The number of nitrogens with one attached hydrogen (secondary N) is 2. The molecule has 1 fully saturated rings. The van der Waals surface area contributed by atoms with E-state index in [4.69, 9.17) is 0 Å². The number of phenols is 2. The average Bonchev–Trinajstić information content (AvgIpc) is 3.19. The van der Waals surface area contributed by atoms with Gasteiger partial charge < -0.3 is 35.8 Å². The number of nitrogens with zero attached hydrogens (tertiary/aromatic N) is 2. The number of carbonyl (C=O) groups is 3. The van der Waals surface area contributed by atoms with Crippen LogP contribution in [0, 0.1) is 0 Å². The highest BCUT2D eigenvalue weighted by Crippen LogP contribution is 2.25. The zero-order valence-electron chi connectivity index (χ0n) is 18.2. The first kappa shape index (κ1) is 24.4. The minimum Gasteiger partial charge on any atom is -0.504 e. The van der Waals surface area contributed by atoms with E-state index in [1.807, 2.05) is 19.0 Å². The number of hydrogen-bond acceptors (Lipinski definition) is 7. The first-order valence-corrected chi connectivity index (χ1v) is 10.3. The van der Waals surface area contributed by atoms with Gasteiger partial charge in [0, 0.05) is 26.1 Å². The molecule has 0 bridgehead atoms. The second-order valence-electron chi connectivity index (χ2n) is 8.06. The Bertz CT molecular complexity index is 800. The molecule has 1 saturated heterocycles. The highest BCUT2D eigenvalue weighted by atomic mass is 16.3. The molecule has 172 valence electrons. The van der Waals surface area contributed by atoms with Crippen LogP contribution in [0.1, 0.15) is 25.3 Å². The largest absolute Gasteiger partial charge is 0.504 e. The molecule has 10 nitrogen and oxygen atoms in total. The second-order valence-corrected chi connectivity index (χ2v) is 8.06. The Morgan fingerprint density at radius 3 is 2.58 bits per heavy atom. The Balaban J connectivity index is 1.90. The summed E-state index contributed by atoms with van der Waals surface area (Å²) >= 11 is 0. The van der Waals surface area contributed by atoms with E-state index in [0.717, 1.165) is 0 Å². The van der Waals surface area contributed by atoms with E-state index in [-0.39, 0.29) is 29.7 Å². The number of amides is 3. The molecule has 0 aromatic heterocycles. The van der Waals surface area contributed by atoms with Crippen molar-refractivity contribution in [3.63, 3.8) is 0 Å². The van der Waals surface area contributed by atoms with Crippen LogP contribution in [0.4, 0.5) is 0 Å². The number of aliphatic hydroxyl groups excluding tert-OH is 1. The minimum absolute atomic E-state index is 0.0960. The van der Waals surface area contributed by atoms with E-state index in [1.165, 1.54) is 30.0 Å². The van der Waals surface area contributed by atoms with Crippen LogP contribution >= 0.6 is 0 Å². The minimum atomic E-state index is -1.44. The van der Waals surface area contributed by atoms with Crippen molar-refractivity contribution >= 4 is 17.7 Å². The van der Waals surface area contributed by atoms with E-state index in [9.17, 15) is 29.7 Å². The maximum absolute atomic E-state index is 12.8. The molecular weight excluding hydrogens is 404 g/mol. The summed E-state index contributed by atoms with van der Waals surface area (Å²) in [5.41, 5.74) is 0.450. The fourth-order valence-corrected chi connectivity index (χ4v) is 3.46. The number of aromatic hydroxyl groups is 2. The fraction of sp³-hybridized carbons (Fsp3) is 0.571. The average molecular weight is 437 g/mol. The molecule has 3 unspecified atom stereocenters. The van der Waals surface area contributed by atoms with Crippen LogP contribution in [0.3, 0.4) is 0 Å². The zero-order chi connectivity index (χ0) is 23.1. The van der Waals surface area contributed by atoms with Gasteiger partial charge in [0.05, 0.1) is 0 Å². The van der Waals surface area contributed by atoms with Gasteiger partial charge in [-0.2, -0.15) is 0 Å². The van der Waals surface area contributed by atoms with Crippen molar-refractivity contribution in [1.82, 2.24) is 20.4 Å². The SMILES string of the molecule is CC(NC(=O)C(O)Cc1ccc(O)c(O)c1)C(=O)N1CCCC1C(=O)NCCN(C)C. The molecule has 0 saturated carbocycles. The van der Waals surface area contributed by atoms with Crippen molar-refractivity contribution in [1.29, 1.82) is 0 Å². The molecule has 1 aliphatic rings. The van der Waals surface area contributed by atoms with Crippen molar-refractivity contribution in [2.75, 3.05) is 33.7 Å². The Morgan fingerprint density at radius 2 is 1.94 bits per heavy atom. The van der Waals surface area contributed by atoms with Gasteiger partial charge in [-0.25, -0.2) is 0 Å². The summed E-state index contributed by atoms with van der Waals surface area (Å²) < 4.78 is 0. The topological polar surface area (TPSA) is 142 Å². The molecule has 1 aromatic rings. The quantitative estimate of drug-likeness (QED) is 0.318. The van der Waals surface area contributed by atoms with Crippen LogP contribution in [-0.2, 0) is 20.8 Å². The summed E-state index contributed by atoms with van der Waals surface area (Å²) in [4.78, 5) is 41.0. The molecule has 31 heavy (non-hydrogen) atoms. The van der Waals surface area contributed by atoms with Crippen molar-refractivity contribution in [3.8, 4) is 11.5 Å². The molecule has 0 radical (unpaired) electrons. The highest BCUT2D eigenvalue weighted by molar-refractivity contribution is 5.93. The van der Waals surface area contributed by atoms with E-state index in [1.54, 1.807) is 0 Å². The van der Waals surface area contributed by atoms with Gasteiger partial charge in [-0.05, 0) is 51.6 Å². The number of hydrogen-bond donors (Lipinski definition) is 5. The van der Waals surface area contributed by atoms with Crippen LogP contribution in [0.5, 0.6) is 11.5 Å². The lowest BCUT2D eigenvalue weighted by Crippen LogP contribution is -2.54. The Kier molecular flexibility index (Phi) is 8.64. The molecule has 3 atom stereocenters. The first-order valence-electron chi connectivity index (χ1n) is 10.3. The van der Waals surface area contributed by atoms with Crippen LogP contribution in [0.15, 0.2) is 18.2 Å². The molecule has 2 rings (SSSR count). The highest BCUT2D eigenvalue weighted by Gasteiger charge is 2.36. The van der Waals surface area contributed by atoms with Crippen molar-refractivity contribution in [2.45, 2.75) is 44.4 Å². The third-order valence-corrected chi connectivity index (χ3v) is 5.20. The van der Waals surface area contributed by atoms with Crippen molar-refractivity contribution in [3.05, 3.63) is 23.8 Å². The fourth-order valence-electron chi connectivity index (χ4n) is 3.46. The molecule has 3 amide bonds. The summed E-state index contributed by atoms with van der Waals surface area (Å²) in [7, 11) is 3.81. The molecule has 0 spiro atoms. The van der Waals surface area contributed by atoms with Crippen LogP contribution in [0.25, 0.3) is 0 Å².